The van der Waals surface area contributed by atoms with Crippen LogP contribution in [0.25, 0.3) is 17.4 Å². The van der Waals surface area contributed by atoms with Gasteiger partial charge in [0.25, 0.3) is 0 Å². The summed E-state index contributed by atoms with van der Waals surface area (Å²) < 4.78 is 27.9. The quantitative estimate of drug-likeness (QED) is 0.545. The van der Waals surface area contributed by atoms with E-state index in [0.29, 0.717) is 22.7 Å². The van der Waals surface area contributed by atoms with Gasteiger partial charge in [0.2, 0.25) is 0 Å². The summed E-state index contributed by atoms with van der Waals surface area (Å²) in [6.07, 6.45) is 4.35. The monoisotopic (exact) mass is 405 g/mol. The summed E-state index contributed by atoms with van der Waals surface area (Å²) in [5.41, 5.74) is 1.59. The Hall–Kier alpha value is -3.88. The van der Waals surface area contributed by atoms with E-state index in [9.17, 15) is 8.78 Å². The van der Waals surface area contributed by atoms with Gasteiger partial charge in [-0.3, -0.25) is 4.99 Å². The van der Waals surface area contributed by atoms with Gasteiger partial charge in [-0.15, -0.1) is 0 Å². The highest BCUT2D eigenvalue weighted by Gasteiger charge is 2.27. The lowest BCUT2D eigenvalue weighted by Crippen LogP contribution is -2.49. The number of H-pyrrole nitrogens is 1. The van der Waals surface area contributed by atoms with Crippen LogP contribution in [0, 0.1) is 11.6 Å². The largest absolute Gasteiger partial charge is 0.362 e. The summed E-state index contributed by atoms with van der Waals surface area (Å²) in [6.45, 7) is 1.93. The highest BCUT2D eigenvalue weighted by molar-refractivity contribution is 5.82. The minimum absolute atomic E-state index is 0.276. The van der Waals surface area contributed by atoms with Crippen molar-refractivity contribution in [2.45, 2.75) is 19.1 Å². The van der Waals surface area contributed by atoms with Crippen molar-refractivity contribution in [3.05, 3.63) is 77.3 Å². The number of fused-ring (bicyclic) bond motifs is 2. The van der Waals surface area contributed by atoms with Gasteiger partial charge in [-0.05, 0) is 25.1 Å². The molecule has 0 bridgehead atoms. The van der Waals surface area contributed by atoms with E-state index in [1.807, 2.05) is 37.4 Å². The van der Waals surface area contributed by atoms with E-state index >= 15 is 0 Å². The number of rotatable bonds is 4. The molecule has 2 aromatic carbocycles. The molecule has 150 valence electrons. The standard InChI is InChI=1S/C21H17F2N7/c1-12(28-20-18-19(25-10-24-18)26-11-27-20)21-29-17-5-3-2-4-13(17)9-30(21)16-7-14(22)6-15(23)8-16/h2-12,21H,1H3,(H2,24,25,26,27,28). The average Bonchev–Trinajstić information content (AvgIpc) is 3.22. The zero-order valence-corrected chi connectivity index (χ0v) is 15.9. The summed E-state index contributed by atoms with van der Waals surface area (Å²) in [5, 5.41) is 5.00. The summed E-state index contributed by atoms with van der Waals surface area (Å²) in [4.78, 5) is 22.2. The molecule has 2 atom stereocenters. The molecule has 1 aliphatic heterocycles. The number of nitrogens with one attached hydrogen (secondary N) is 2. The molecule has 1 aliphatic rings. The normalized spacial score (nSPS) is 16.5. The van der Waals surface area contributed by atoms with Crippen LogP contribution in [0.2, 0.25) is 0 Å². The maximum absolute atomic E-state index is 13.9. The molecule has 4 aromatic rings. The fourth-order valence-corrected chi connectivity index (χ4v) is 3.58. The van der Waals surface area contributed by atoms with E-state index in [2.05, 4.69) is 25.3 Å². The van der Waals surface area contributed by atoms with Crippen LogP contribution in [0.4, 0.5) is 20.3 Å². The second kappa shape index (κ2) is 7.18. The van der Waals surface area contributed by atoms with Crippen LogP contribution in [0.3, 0.4) is 0 Å². The van der Waals surface area contributed by atoms with E-state index < -0.39 is 17.8 Å². The van der Waals surface area contributed by atoms with Gasteiger partial charge >= 0.3 is 0 Å². The fraction of sp³-hybridized carbons (Fsp3) is 0.143. The number of hydrogen-bond acceptors (Lipinski definition) is 6. The summed E-state index contributed by atoms with van der Waals surface area (Å²) >= 11 is 0. The van der Waals surface area contributed by atoms with Crippen LogP contribution in [0.15, 0.2) is 60.1 Å². The molecule has 2 N–H and O–H groups in total. The van der Waals surface area contributed by atoms with Gasteiger partial charge in [0, 0.05) is 23.2 Å². The molecule has 0 spiro atoms. The SMILES string of the molecule is CC(Nc1ncnc2nc[nH]c12)C1N=c2ccccc2=CN1c1cc(F)cc(F)c1. The summed E-state index contributed by atoms with van der Waals surface area (Å²) in [7, 11) is 0. The first-order valence-electron chi connectivity index (χ1n) is 9.38. The Bertz CT molecular complexity index is 1330. The number of imidazole rings is 1. The molecule has 0 saturated carbocycles. The van der Waals surface area contributed by atoms with Gasteiger partial charge in [-0.2, -0.15) is 0 Å². The number of hydrogen-bond donors (Lipinski definition) is 2. The Labute approximate surface area is 169 Å². The topological polar surface area (TPSA) is 82.1 Å². The maximum atomic E-state index is 13.9. The van der Waals surface area contributed by atoms with Gasteiger partial charge in [0.1, 0.15) is 29.6 Å². The lowest BCUT2D eigenvalue weighted by atomic mass is 10.1. The number of para-hydroxylation sites is 1. The minimum Gasteiger partial charge on any atom is -0.362 e. The first-order chi connectivity index (χ1) is 14.6. The van der Waals surface area contributed by atoms with Gasteiger partial charge in [0.05, 0.1) is 17.7 Å². The molecule has 0 saturated heterocycles. The van der Waals surface area contributed by atoms with Crippen LogP contribution in [0.1, 0.15) is 6.92 Å². The first-order valence-corrected chi connectivity index (χ1v) is 9.38. The second-order valence-corrected chi connectivity index (χ2v) is 7.02. The Kier molecular flexibility index (Phi) is 4.35. The third-order valence-corrected chi connectivity index (χ3v) is 4.95. The second-order valence-electron chi connectivity index (χ2n) is 7.02. The Balaban J connectivity index is 1.58. The average molecular weight is 405 g/mol. The number of benzene rings is 2. The Morgan fingerprint density at radius 3 is 2.70 bits per heavy atom. The highest BCUT2D eigenvalue weighted by Crippen LogP contribution is 2.25. The van der Waals surface area contributed by atoms with Crippen LogP contribution in [-0.2, 0) is 0 Å². The molecule has 0 radical (unpaired) electrons. The Morgan fingerprint density at radius 2 is 1.87 bits per heavy atom. The summed E-state index contributed by atoms with van der Waals surface area (Å²) in [5.74, 6) is -0.720. The molecule has 2 aromatic heterocycles. The van der Waals surface area contributed by atoms with Crippen molar-refractivity contribution in [3.8, 4) is 0 Å². The number of aromatic nitrogens is 4. The molecule has 0 fully saturated rings. The van der Waals surface area contributed by atoms with Crippen molar-refractivity contribution >= 4 is 28.9 Å². The van der Waals surface area contributed by atoms with Crippen molar-refractivity contribution in [3.63, 3.8) is 0 Å². The van der Waals surface area contributed by atoms with Crippen molar-refractivity contribution in [2.75, 3.05) is 10.2 Å². The molecule has 0 aliphatic carbocycles. The Morgan fingerprint density at radius 1 is 1.07 bits per heavy atom. The predicted octanol–water partition coefficient (Wildman–Crippen LogP) is 2.34. The molecule has 7 nitrogen and oxygen atoms in total. The van der Waals surface area contributed by atoms with Gasteiger partial charge in [-0.25, -0.2) is 23.7 Å². The zero-order chi connectivity index (χ0) is 20.7. The van der Waals surface area contributed by atoms with E-state index in [0.717, 1.165) is 16.6 Å². The van der Waals surface area contributed by atoms with Crippen molar-refractivity contribution in [1.82, 2.24) is 19.9 Å². The summed E-state index contributed by atoms with van der Waals surface area (Å²) in [6, 6.07) is 10.8. The van der Waals surface area contributed by atoms with Crippen molar-refractivity contribution in [2.24, 2.45) is 4.99 Å². The molecule has 9 heteroatoms. The van der Waals surface area contributed by atoms with Crippen molar-refractivity contribution < 1.29 is 8.78 Å². The van der Waals surface area contributed by atoms with E-state index in [-0.39, 0.29) is 6.04 Å². The van der Waals surface area contributed by atoms with Crippen LogP contribution >= 0.6 is 0 Å². The predicted molar refractivity (Wildman–Crippen MR) is 109 cm³/mol. The maximum Gasteiger partial charge on any atom is 0.182 e. The third-order valence-electron chi connectivity index (χ3n) is 4.95. The molecule has 5 rings (SSSR count). The smallest absolute Gasteiger partial charge is 0.182 e. The minimum atomic E-state index is -0.647. The van der Waals surface area contributed by atoms with Crippen LogP contribution < -0.4 is 20.8 Å². The highest BCUT2D eigenvalue weighted by atomic mass is 19.1. The molecule has 3 heterocycles. The number of aromatic amines is 1. The number of anilines is 2. The van der Waals surface area contributed by atoms with Gasteiger partial charge < -0.3 is 15.2 Å². The van der Waals surface area contributed by atoms with E-state index in [1.54, 1.807) is 11.2 Å². The third kappa shape index (κ3) is 3.24. The lowest BCUT2D eigenvalue weighted by molar-refractivity contribution is 0.567. The van der Waals surface area contributed by atoms with Crippen LogP contribution in [-0.4, -0.2) is 32.1 Å². The first kappa shape index (κ1) is 18.2. The van der Waals surface area contributed by atoms with E-state index in [4.69, 9.17) is 4.99 Å². The molecule has 0 amide bonds. The molecule has 30 heavy (non-hydrogen) atoms. The zero-order valence-electron chi connectivity index (χ0n) is 15.9. The van der Waals surface area contributed by atoms with Crippen LogP contribution in [0.5, 0.6) is 0 Å². The molecular weight excluding hydrogens is 388 g/mol. The van der Waals surface area contributed by atoms with Gasteiger partial charge in [0.15, 0.2) is 11.5 Å². The number of nitrogens with zero attached hydrogens (tertiary/aromatic N) is 5. The van der Waals surface area contributed by atoms with E-state index in [1.165, 1.54) is 18.5 Å². The molecular formula is C21H17F2N7. The lowest BCUT2D eigenvalue weighted by Gasteiger charge is -2.34. The fourth-order valence-electron chi connectivity index (χ4n) is 3.58. The van der Waals surface area contributed by atoms with Crippen molar-refractivity contribution in [1.29, 1.82) is 0 Å². The van der Waals surface area contributed by atoms with Gasteiger partial charge in [-0.1, -0.05) is 18.2 Å². The molecule has 2 unspecified atom stereocenters. The number of halogens is 2.